The number of aromatic nitrogens is 1. The minimum atomic E-state index is -0.448. The Kier molecular flexibility index (Phi) is 9.91. The minimum Gasteiger partial charge on any atom is -0.464 e. The number of carbonyl (C=O) groups excluding carboxylic acids is 3. The van der Waals surface area contributed by atoms with Gasteiger partial charge in [0.25, 0.3) is 5.91 Å². The first-order chi connectivity index (χ1) is 17.3. The molecule has 1 amide bonds. The smallest absolute Gasteiger partial charge is 0.354 e. The molecule has 1 aliphatic carbocycles. The van der Waals surface area contributed by atoms with Gasteiger partial charge in [0.05, 0.1) is 13.7 Å². The Morgan fingerprint density at radius 2 is 1.67 bits per heavy atom. The Balaban J connectivity index is 1.89. The fourth-order valence-corrected chi connectivity index (χ4v) is 5.61. The van der Waals surface area contributed by atoms with Crippen molar-refractivity contribution in [2.24, 2.45) is 0 Å². The molecule has 1 aromatic carbocycles. The molecule has 6 heteroatoms. The lowest BCUT2D eigenvalue weighted by Crippen LogP contribution is -2.44. The Morgan fingerprint density at radius 1 is 1.00 bits per heavy atom. The number of aryl methyl sites for hydroxylation is 1. The summed E-state index contributed by atoms with van der Waals surface area (Å²) in [5, 5.41) is 0. The maximum atomic E-state index is 13.7. The predicted octanol–water partition coefficient (Wildman–Crippen LogP) is 6.30. The van der Waals surface area contributed by atoms with Crippen molar-refractivity contribution in [3.8, 4) is 0 Å². The zero-order chi connectivity index (χ0) is 26.2. The van der Waals surface area contributed by atoms with E-state index in [1.807, 2.05) is 42.7 Å². The van der Waals surface area contributed by atoms with E-state index in [1.54, 1.807) is 11.8 Å². The summed E-state index contributed by atoms with van der Waals surface area (Å²) in [5.74, 6) is -0.665. The van der Waals surface area contributed by atoms with Gasteiger partial charge >= 0.3 is 5.97 Å². The number of esters is 1. The van der Waals surface area contributed by atoms with E-state index in [9.17, 15) is 14.4 Å². The fraction of sp³-hybridized carbons (Fsp3) is 0.567. The van der Waals surface area contributed by atoms with Gasteiger partial charge in [-0.3, -0.25) is 9.59 Å². The van der Waals surface area contributed by atoms with Gasteiger partial charge in [-0.1, -0.05) is 51.2 Å². The molecule has 0 unspecified atom stereocenters. The number of rotatable bonds is 11. The molecule has 0 radical (unpaired) electrons. The largest absolute Gasteiger partial charge is 0.464 e. The summed E-state index contributed by atoms with van der Waals surface area (Å²) in [6, 6.07) is 7.95. The van der Waals surface area contributed by atoms with E-state index in [4.69, 9.17) is 4.74 Å². The number of unbranched alkanes of at least 4 members (excludes halogenated alkanes) is 2. The molecule has 1 fully saturated rings. The Morgan fingerprint density at radius 3 is 2.25 bits per heavy atom. The Bertz CT molecular complexity index is 1060. The van der Waals surface area contributed by atoms with Crippen molar-refractivity contribution in [2.75, 3.05) is 13.7 Å². The minimum absolute atomic E-state index is 0.0117. The number of hydrogen-bond acceptors (Lipinski definition) is 4. The molecule has 2 aromatic rings. The number of ketones is 1. The molecule has 6 nitrogen and oxygen atoms in total. The van der Waals surface area contributed by atoms with Gasteiger partial charge in [-0.2, -0.15) is 0 Å². The van der Waals surface area contributed by atoms with Crippen molar-refractivity contribution >= 4 is 17.7 Å². The molecule has 0 bridgehead atoms. The molecule has 196 valence electrons. The topological polar surface area (TPSA) is 68.6 Å². The van der Waals surface area contributed by atoms with Crippen molar-refractivity contribution in [1.29, 1.82) is 0 Å². The lowest BCUT2D eigenvalue weighted by molar-refractivity contribution is 0.0584. The third-order valence-corrected chi connectivity index (χ3v) is 7.60. The average molecular weight is 495 g/mol. The van der Waals surface area contributed by atoms with Crippen LogP contribution in [-0.2, 0) is 17.7 Å². The molecule has 1 saturated carbocycles. The summed E-state index contributed by atoms with van der Waals surface area (Å²) in [5.41, 5.74) is 4.17. The molecule has 1 aromatic heterocycles. The van der Waals surface area contributed by atoms with Crippen molar-refractivity contribution < 1.29 is 19.1 Å². The highest BCUT2D eigenvalue weighted by Gasteiger charge is 2.32. The van der Waals surface area contributed by atoms with Crippen molar-refractivity contribution in [2.45, 2.75) is 98.1 Å². The molecule has 0 spiro atoms. The summed E-state index contributed by atoms with van der Waals surface area (Å²) in [6.07, 6.45) is 9.67. The lowest BCUT2D eigenvalue weighted by atomic mass is 9.93. The molecule has 36 heavy (non-hydrogen) atoms. The number of nitrogens with zero attached hydrogens (tertiary/aromatic N) is 2. The number of hydrogen-bond donors (Lipinski definition) is 0. The van der Waals surface area contributed by atoms with E-state index in [-0.39, 0.29) is 24.3 Å². The third kappa shape index (κ3) is 6.08. The van der Waals surface area contributed by atoms with E-state index in [2.05, 4.69) is 6.92 Å². The Hall–Kier alpha value is -2.89. The quantitative estimate of drug-likeness (QED) is 0.209. The van der Waals surface area contributed by atoms with Crippen LogP contribution >= 0.6 is 0 Å². The van der Waals surface area contributed by atoms with Gasteiger partial charge in [-0.15, -0.1) is 0 Å². The second-order valence-corrected chi connectivity index (χ2v) is 9.97. The highest BCUT2D eigenvalue weighted by Crippen LogP contribution is 2.28. The van der Waals surface area contributed by atoms with Crippen LogP contribution in [0.25, 0.3) is 0 Å². The zero-order valence-corrected chi connectivity index (χ0v) is 22.7. The van der Waals surface area contributed by atoms with Crippen LogP contribution in [0.3, 0.4) is 0 Å². The van der Waals surface area contributed by atoms with Crippen LogP contribution < -0.4 is 0 Å². The molecule has 1 heterocycles. The predicted molar refractivity (Wildman–Crippen MR) is 143 cm³/mol. The Labute approximate surface area is 216 Å². The molecule has 0 atom stereocenters. The number of carbonyl (C=O) groups is 3. The van der Waals surface area contributed by atoms with Crippen molar-refractivity contribution in [3.05, 3.63) is 57.9 Å². The zero-order valence-electron chi connectivity index (χ0n) is 22.7. The van der Waals surface area contributed by atoms with Crippen LogP contribution in [0, 0.1) is 13.8 Å². The van der Waals surface area contributed by atoms with Crippen LogP contribution in [-0.4, -0.2) is 46.8 Å². The number of benzene rings is 1. The van der Waals surface area contributed by atoms with Gasteiger partial charge in [-0.05, 0) is 69.7 Å². The number of ether oxygens (including phenoxy) is 1. The fourth-order valence-electron chi connectivity index (χ4n) is 5.61. The third-order valence-electron chi connectivity index (χ3n) is 7.60. The van der Waals surface area contributed by atoms with E-state index in [0.29, 0.717) is 28.9 Å². The van der Waals surface area contributed by atoms with E-state index in [1.165, 1.54) is 31.9 Å². The van der Waals surface area contributed by atoms with Crippen LogP contribution in [0.2, 0.25) is 0 Å². The van der Waals surface area contributed by atoms with Gasteiger partial charge in [0, 0.05) is 29.4 Å². The molecule has 1 aliphatic rings. The average Bonchev–Trinajstić information content (AvgIpc) is 3.16. The normalized spacial score (nSPS) is 14.0. The molecule has 3 rings (SSSR count). The highest BCUT2D eigenvalue weighted by molar-refractivity contribution is 6.06. The van der Waals surface area contributed by atoms with Crippen LogP contribution in [0.4, 0.5) is 0 Å². The maximum absolute atomic E-state index is 13.7. The van der Waals surface area contributed by atoms with E-state index >= 15 is 0 Å². The molecule has 0 saturated heterocycles. The first-order valence-electron chi connectivity index (χ1n) is 13.5. The first kappa shape index (κ1) is 27.7. The van der Waals surface area contributed by atoms with Crippen molar-refractivity contribution in [1.82, 2.24) is 9.47 Å². The summed E-state index contributed by atoms with van der Waals surface area (Å²) in [7, 11) is 1.35. The van der Waals surface area contributed by atoms with E-state index in [0.717, 1.165) is 44.2 Å². The lowest BCUT2D eigenvalue weighted by Gasteiger charge is -2.34. The monoisotopic (exact) mass is 494 g/mol. The SMILES string of the molecule is CCCCCc1ccc(C(=O)N(CC(=O)c2c(C)c(C(=O)OC)n(CC)c2C)C2CCCCC2)cc1. The number of amides is 1. The summed E-state index contributed by atoms with van der Waals surface area (Å²) >= 11 is 0. The standard InChI is InChI=1S/C30H42N2O4/c1-6-8-10-13-23-16-18-24(19-17-23)29(34)32(25-14-11-9-12-15-25)20-26(33)27-21(3)28(30(35)36-5)31(7-2)22(27)4/h16-19,25H,6-15,20H2,1-5H3. The molecular weight excluding hydrogens is 452 g/mol. The second-order valence-electron chi connectivity index (χ2n) is 9.97. The first-order valence-corrected chi connectivity index (χ1v) is 13.5. The summed E-state index contributed by atoms with van der Waals surface area (Å²) in [4.78, 5) is 41.7. The van der Waals surface area contributed by atoms with Crippen LogP contribution in [0.5, 0.6) is 0 Å². The van der Waals surface area contributed by atoms with Gasteiger partial charge in [0.15, 0.2) is 5.78 Å². The van der Waals surface area contributed by atoms with Gasteiger partial charge in [0.1, 0.15) is 5.69 Å². The molecular formula is C30H42N2O4. The van der Waals surface area contributed by atoms with Crippen molar-refractivity contribution in [3.63, 3.8) is 0 Å². The van der Waals surface area contributed by atoms with Gasteiger partial charge in [0.2, 0.25) is 0 Å². The van der Waals surface area contributed by atoms with Crippen LogP contribution in [0.1, 0.15) is 113 Å². The molecule has 0 aliphatic heterocycles. The summed E-state index contributed by atoms with van der Waals surface area (Å²) in [6.45, 7) is 8.36. The van der Waals surface area contributed by atoms with Crippen LogP contribution in [0.15, 0.2) is 24.3 Å². The maximum Gasteiger partial charge on any atom is 0.354 e. The van der Waals surface area contributed by atoms with Gasteiger partial charge in [-0.25, -0.2) is 4.79 Å². The van der Waals surface area contributed by atoms with Gasteiger partial charge < -0.3 is 14.2 Å². The summed E-state index contributed by atoms with van der Waals surface area (Å²) < 4.78 is 6.82. The highest BCUT2D eigenvalue weighted by atomic mass is 16.5. The van der Waals surface area contributed by atoms with E-state index < -0.39 is 5.97 Å². The number of Topliss-reactive ketones (excluding diaryl/α,β-unsaturated/α-hetero) is 1. The second kappa shape index (κ2) is 12.9. The number of methoxy groups -OCH3 is 1. The molecule has 0 N–H and O–H groups in total.